The largest absolute Gasteiger partial charge is 0.416 e. The van der Waals surface area contributed by atoms with Crippen molar-refractivity contribution in [1.82, 2.24) is 0 Å². The van der Waals surface area contributed by atoms with Crippen LogP contribution in [0.3, 0.4) is 0 Å². The van der Waals surface area contributed by atoms with Crippen molar-refractivity contribution < 1.29 is 13.2 Å². The smallest absolute Gasteiger partial charge is 0.388 e. The fourth-order valence-corrected chi connectivity index (χ4v) is 1.53. The Labute approximate surface area is 117 Å². The molecule has 0 heterocycles. The summed E-state index contributed by atoms with van der Waals surface area (Å²) in [4.78, 5) is 0. The number of halogens is 3. The Kier molecular flexibility index (Phi) is 6.10. The van der Waals surface area contributed by atoms with Crippen molar-refractivity contribution in [2.75, 3.05) is 12.4 Å². The quantitative estimate of drug-likeness (QED) is 0.817. The minimum Gasteiger partial charge on any atom is -0.388 e. The molecule has 0 aliphatic heterocycles. The second-order valence-corrected chi connectivity index (χ2v) is 4.16. The van der Waals surface area contributed by atoms with Crippen LogP contribution in [0.4, 0.5) is 18.9 Å². The van der Waals surface area contributed by atoms with E-state index in [9.17, 15) is 13.2 Å². The highest BCUT2D eigenvalue weighted by atomic mass is 19.4. The van der Waals surface area contributed by atoms with Gasteiger partial charge in [0.1, 0.15) is 0 Å². The third-order valence-electron chi connectivity index (χ3n) is 2.75. The molecule has 0 saturated heterocycles. The minimum absolute atomic E-state index is 0.584. The number of anilines is 1. The SMILES string of the molecule is CCc1ccc(C(F)(F)F)cc1.CNc1ccccc1. The van der Waals surface area contributed by atoms with Crippen molar-refractivity contribution in [3.8, 4) is 0 Å². The number of aryl methyl sites for hydroxylation is 1. The van der Waals surface area contributed by atoms with Crippen LogP contribution < -0.4 is 5.32 Å². The first kappa shape index (κ1) is 16.1. The molecule has 0 fully saturated rings. The second-order valence-electron chi connectivity index (χ2n) is 4.16. The number of benzene rings is 2. The lowest BCUT2D eigenvalue weighted by Crippen LogP contribution is -2.04. The number of nitrogens with one attached hydrogen (secondary N) is 1. The van der Waals surface area contributed by atoms with Crippen LogP contribution in [0.15, 0.2) is 54.6 Å². The Bertz CT molecular complexity index is 489. The van der Waals surface area contributed by atoms with Gasteiger partial charge in [0.05, 0.1) is 5.56 Å². The van der Waals surface area contributed by atoms with Crippen LogP contribution in [0.1, 0.15) is 18.1 Å². The Morgan fingerprint density at radius 2 is 1.45 bits per heavy atom. The zero-order valence-corrected chi connectivity index (χ0v) is 11.5. The predicted molar refractivity (Wildman–Crippen MR) is 76.8 cm³/mol. The van der Waals surface area contributed by atoms with Gasteiger partial charge in [0.25, 0.3) is 0 Å². The summed E-state index contributed by atoms with van der Waals surface area (Å²) in [6.45, 7) is 1.91. The number of para-hydroxylation sites is 1. The van der Waals surface area contributed by atoms with Crippen LogP contribution in [0.5, 0.6) is 0 Å². The van der Waals surface area contributed by atoms with Crippen LogP contribution in [0.25, 0.3) is 0 Å². The van der Waals surface area contributed by atoms with Crippen molar-refractivity contribution in [3.63, 3.8) is 0 Å². The van der Waals surface area contributed by atoms with Gasteiger partial charge in [0, 0.05) is 12.7 Å². The average Bonchev–Trinajstić information content (AvgIpc) is 2.48. The van der Waals surface area contributed by atoms with E-state index in [1.807, 2.05) is 44.3 Å². The first-order valence-electron chi connectivity index (χ1n) is 6.36. The molecule has 20 heavy (non-hydrogen) atoms. The molecule has 0 unspecified atom stereocenters. The molecule has 0 aromatic heterocycles. The summed E-state index contributed by atoms with van der Waals surface area (Å²) in [6, 6.07) is 15.3. The molecule has 4 heteroatoms. The maximum absolute atomic E-state index is 12.0. The van der Waals surface area contributed by atoms with E-state index in [0.717, 1.165) is 29.8 Å². The maximum atomic E-state index is 12.0. The molecule has 0 spiro atoms. The van der Waals surface area contributed by atoms with E-state index in [2.05, 4.69) is 5.32 Å². The summed E-state index contributed by atoms with van der Waals surface area (Å²) in [5.74, 6) is 0. The van der Waals surface area contributed by atoms with Crippen LogP contribution in [0, 0.1) is 0 Å². The van der Waals surface area contributed by atoms with Gasteiger partial charge in [-0.15, -0.1) is 0 Å². The van der Waals surface area contributed by atoms with E-state index < -0.39 is 11.7 Å². The highest BCUT2D eigenvalue weighted by Crippen LogP contribution is 2.28. The Hall–Kier alpha value is -1.97. The molecular formula is C16H18F3N. The second kappa shape index (κ2) is 7.58. The number of hydrogen-bond acceptors (Lipinski definition) is 1. The fraction of sp³-hybridized carbons (Fsp3) is 0.250. The van der Waals surface area contributed by atoms with E-state index in [1.54, 1.807) is 0 Å². The van der Waals surface area contributed by atoms with Crippen molar-refractivity contribution in [2.24, 2.45) is 0 Å². The maximum Gasteiger partial charge on any atom is 0.416 e. The topological polar surface area (TPSA) is 12.0 Å². The van der Waals surface area contributed by atoms with E-state index in [-0.39, 0.29) is 0 Å². The third kappa shape index (κ3) is 5.34. The van der Waals surface area contributed by atoms with Gasteiger partial charge in [-0.3, -0.25) is 0 Å². The molecule has 0 bridgehead atoms. The molecule has 2 aromatic rings. The lowest BCUT2D eigenvalue weighted by Gasteiger charge is -2.06. The molecule has 0 atom stereocenters. The summed E-state index contributed by atoms with van der Waals surface area (Å²) >= 11 is 0. The fourth-order valence-electron chi connectivity index (χ4n) is 1.53. The van der Waals surface area contributed by atoms with Crippen molar-refractivity contribution >= 4 is 5.69 Å². The minimum atomic E-state index is -4.22. The lowest BCUT2D eigenvalue weighted by atomic mass is 10.1. The van der Waals surface area contributed by atoms with E-state index in [0.29, 0.717) is 0 Å². The van der Waals surface area contributed by atoms with Crippen LogP contribution >= 0.6 is 0 Å². The number of alkyl halides is 3. The van der Waals surface area contributed by atoms with Gasteiger partial charge in [-0.1, -0.05) is 37.3 Å². The van der Waals surface area contributed by atoms with E-state index in [1.165, 1.54) is 12.1 Å². The van der Waals surface area contributed by atoms with Crippen LogP contribution in [0.2, 0.25) is 0 Å². The molecule has 1 nitrogen and oxygen atoms in total. The van der Waals surface area contributed by atoms with Gasteiger partial charge in [0.15, 0.2) is 0 Å². The van der Waals surface area contributed by atoms with E-state index in [4.69, 9.17) is 0 Å². The molecule has 2 aromatic carbocycles. The van der Waals surface area contributed by atoms with Gasteiger partial charge < -0.3 is 5.32 Å². The van der Waals surface area contributed by atoms with Crippen LogP contribution in [-0.2, 0) is 12.6 Å². The van der Waals surface area contributed by atoms with E-state index >= 15 is 0 Å². The standard InChI is InChI=1S/C9H9F3.C7H9N/c1-2-7-3-5-8(6-4-7)9(10,11)12;1-8-7-5-3-2-4-6-7/h3-6H,2H2,1H3;2-6,8H,1H3. The summed E-state index contributed by atoms with van der Waals surface area (Å²) < 4.78 is 36.1. The van der Waals surface area contributed by atoms with Crippen molar-refractivity contribution in [2.45, 2.75) is 19.5 Å². The number of rotatable bonds is 2. The van der Waals surface area contributed by atoms with Crippen molar-refractivity contribution in [3.05, 3.63) is 65.7 Å². The summed E-state index contributed by atoms with van der Waals surface area (Å²) in [6.07, 6.45) is -3.45. The number of hydrogen-bond donors (Lipinski definition) is 1. The van der Waals surface area contributed by atoms with Gasteiger partial charge >= 0.3 is 6.18 Å². The molecule has 1 N–H and O–H groups in total. The Morgan fingerprint density at radius 3 is 1.80 bits per heavy atom. The molecule has 2 rings (SSSR count). The average molecular weight is 281 g/mol. The predicted octanol–water partition coefficient (Wildman–Crippen LogP) is 5.00. The van der Waals surface area contributed by atoms with Gasteiger partial charge in [-0.25, -0.2) is 0 Å². The third-order valence-corrected chi connectivity index (χ3v) is 2.75. The molecule has 0 aliphatic carbocycles. The van der Waals surface area contributed by atoms with Crippen molar-refractivity contribution in [1.29, 1.82) is 0 Å². The first-order valence-corrected chi connectivity index (χ1v) is 6.36. The normalized spacial score (nSPS) is 10.4. The zero-order chi connectivity index (χ0) is 15.0. The first-order chi connectivity index (χ1) is 9.47. The van der Waals surface area contributed by atoms with Gasteiger partial charge in [0.2, 0.25) is 0 Å². The summed E-state index contributed by atoms with van der Waals surface area (Å²) in [5, 5.41) is 3.03. The monoisotopic (exact) mass is 281 g/mol. The molecule has 0 amide bonds. The lowest BCUT2D eigenvalue weighted by molar-refractivity contribution is -0.137. The zero-order valence-electron chi connectivity index (χ0n) is 11.5. The molecule has 108 valence electrons. The Morgan fingerprint density at radius 1 is 0.900 bits per heavy atom. The highest BCUT2D eigenvalue weighted by molar-refractivity contribution is 5.41. The highest BCUT2D eigenvalue weighted by Gasteiger charge is 2.29. The van der Waals surface area contributed by atoms with Gasteiger partial charge in [-0.05, 0) is 36.2 Å². The molecule has 0 radical (unpaired) electrons. The molecular weight excluding hydrogens is 263 g/mol. The molecule has 0 saturated carbocycles. The summed E-state index contributed by atoms with van der Waals surface area (Å²) in [7, 11) is 1.91. The van der Waals surface area contributed by atoms with Gasteiger partial charge in [-0.2, -0.15) is 13.2 Å². The van der Waals surface area contributed by atoms with Crippen LogP contribution in [-0.4, -0.2) is 7.05 Å². The Balaban J connectivity index is 0.000000217. The summed E-state index contributed by atoms with van der Waals surface area (Å²) in [5.41, 5.74) is 1.50. The molecule has 0 aliphatic rings.